The number of aromatic nitrogens is 2. The highest BCUT2D eigenvalue weighted by Gasteiger charge is 2.36. The van der Waals surface area contributed by atoms with Crippen molar-refractivity contribution in [3.8, 4) is 0 Å². The Morgan fingerprint density at radius 2 is 2.04 bits per heavy atom. The molecule has 0 bridgehead atoms. The Bertz CT molecular complexity index is 936. The van der Waals surface area contributed by atoms with Crippen molar-refractivity contribution in [1.82, 2.24) is 14.9 Å². The van der Waals surface area contributed by atoms with Gasteiger partial charge in [-0.2, -0.15) is 0 Å². The zero-order chi connectivity index (χ0) is 18.9. The van der Waals surface area contributed by atoms with Crippen LogP contribution in [0.5, 0.6) is 0 Å². The molecule has 9 nitrogen and oxygen atoms in total. The number of carboxylic acid groups (broad SMARTS) is 1. The summed E-state index contributed by atoms with van der Waals surface area (Å²) in [5, 5.41) is 9.46. The maximum absolute atomic E-state index is 12.8. The van der Waals surface area contributed by atoms with E-state index in [1.165, 1.54) is 42.4 Å². The summed E-state index contributed by atoms with van der Waals surface area (Å²) in [4.78, 5) is 32.6. The van der Waals surface area contributed by atoms with E-state index in [9.17, 15) is 23.1 Å². The number of carboxylic acids is 1. The second kappa shape index (κ2) is 6.79. The number of hydrogen-bond acceptors (Lipinski definition) is 5. The largest absolute Gasteiger partial charge is 0.480 e. The molecule has 3 N–H and O–H groups in total. The van der Waals surface area contributed by atoms with Gasteiger partial charge in [0, 0.05) is 17.7 Å². The molecule has 2 aromatic rings. The van der Waals surface area contributed by atoms with E-state index >= 15 is 0 Å². The molecule has 0 fully saturated rings. The lowest BCUT2D eigenvalue weighted by Crippen LogP contribution is -2.48. The number of amides is 1. The van der Waals surface area contributed by atoms with Crippen LogP contribution in [0.2, 0.25) is 0 Å². The number of imidazole rings is 1. The quantitative estimate of drug-likeness (QED) is 0.706. The van der Waals surface area contributed by atoms with Crippen molar-refractivity contribution in [2.75, 3.05) is 10.5 Å². The first-order valence-electron chi connectivity index (χ1n) is 7.96. The van der Waals surface area contributed by atoms with Crippen LogP contribution in [0.1, 0.15) is 28.7 Å². The van der Waals surface area contributed by atoms with Gasteiger partial charge >= 0.3 is 5.97 Å². The maximum atomic E-state index is 12.8. The second-order valence-electron chi connectivity index (χ2n) is 5.90. The molecule has 1 aliphatic heterocycles. The number of benzene rings is 1. The molecular weight excluding hydrogens is 360 g/mol. The van der Waals surface area contributed by atoms with Crippen LogP contribution < -0.4 is 4.72 Å². The van der Waals surface area contributed by atoms with Crippen molar-refractivity contribution in [1.29, 1.82) is 0 Å². The minimum Gasteiger partial charge on any atom is -0.480 e. The number of carbonyl (C=O) groups excluding carboxylic acids is 1. The van der Waals surface area contributed by atoms with Gasteiger partial charge in [-0.05, 0) is 31.2 Å². The number of hydrogen-bond donors (Lipinski definition) is 3. The van der Waals surface area contributed by atoms with Crippen molar-refractivity contribution in [2.45, 2.75) is 25.9 Å². The molecule has 1 aliphatic rings. The minimum absolute atomic E-state index is 0.0612. The predicted octanol–water partition coefficient (Wildman–Crippen LogP) is 0.823. The fourth-order valence-electron chi connectivity index (χ4n) is 2.77. The lowest BCUT2D eigenvalue weighted by Gasteiger charge is -2.32. The summed E-state index contributed by atoms with van der Waals surface area (Å²) >= 11 is 0. The number of nitrogens with zero attached hydrogens (tertiary/aromatic N) is 2. The van der Waals surface area contributed by atoms with Gasteiger partial charge in [-0.3, -0.25) is 9.52 Å². The molecule has 1 aromatic carbocycles. The number of rotatable bonds is 5. The Balaban J connectivity index is 1.83. The first-order valence-corrected chi connectivity index (χ1v) is 9.61. The molecule has 0 radical (unpaired) electrons. The van der Waals surface area contributed by atoms with E-state index in [2.05, 4.69) is 14.7 Å². The standard InChI is InChI=1S/C16H18N4O5S/c1-2-26(24,25)19-11-5-3-10(4-6-11)15(21)20-8-13-12(17-9-18-13)7-14(20)16(22)23/h3-6,9,14,19H,2,7-8H2,1H3,(H,17,18)(H,22,23). The summed E-state index contributed by atoms with van der Waals surface area (Å²) in [5.74, 6) is -1.60. The molecule has 2 heterocycles. The van der Waals surface area contributed by atoms with E-state index in [0.29, 0.717) is 17.1 Å². The van der Waals surface area contributed by atoms with Crippen LogP contribution >= 0.6 is 0 Å². The Kier molecular flexibility index (Phi) is 4.68. The van der Waals surface area contributed by atoms with Gasteiger partial charge in [-0.1, -0.05) is 0 Å². The van der Waals surface area contributed by atoms with E-state index in [4.69, 9.17) is 0 Å². The highest BCUT2D eigenvalue weighted by molar-refractivity contribution is 7.92. The molecule has 0 saturated heterocycles. The van der Waals surface area contributed by atoms with Gasteiger partial charge in [0.15, 0.2) is 0 Å². The molecule has 1 amide bonds. The first-order chi connectivity index (χ1) is 12.3. The van der Waals surface area contributed by atoms with Crippen LogP contribution in [0.15, 0.2) is 30.6 Å². The van der Waals surface area contributed by atoms with Crippen molar-refractivity contribution in [3.05, 3.63) is 47.5 Å². The van der Waals surface area contributed by atoms with Crippen LogP contribution in [0.3, 0.4) is 0 Å². The van der Waals surface area contributed by atoms with Gasteiger partial charge in [0.1, 0.15) is 6.04 Å². The molecule has 3 rings (SSSR count). The van der Waals surface area contributed by atoms with Crippen LogP contribution in [0.25, 0.3) is 0 Å². The average Bonchev–Trinajstić information content (AvgIpc) is 3.08. The highest BCUT2D eigenvalue weighted by atomic mass is 32.2. The van der Waals surface area contributed by atoms with E-state index in [1.807, 2.05) is 0 Å². The fourth-order valence-corrected chi connectivity index (χ4v) is 3.41. The van der Waals surface area contributed by atoms with Crippen molar-refractivity contribution >= 4 is 27.6 Å². The maximum Gasteiger partial charge on any atom is 0.326 e. The number of H-pyrrole nitrogens is 1. The zero-order valence-electron chi connectivity index (χ0n) is 14.0. The van der Waals surface area contributed by atoms with E-state index < -0.39 is 27.9 Å². The normalized spacial score (nSPS) is 16.8. The van der Waals surface area contributed by atoms with Crippen molar-refractivity contribution < 1.29 is 23.1 Å². The third-order valence-corrected chi connectivity index (χ3v) is 5.54. The molecule has 1 aromatic heterocycles. The Labute approximate surface area is 150 Å². The van der Waals surface area contributed by atoms with Gasteiger partial charge in [0.2, 0.25) is 10.0 Å². The van der Waals surface area contributed by atoms with E-state index in [1.54, 1.807) is 0 Å². The van der Waals surface area contributed by atoms with Gasteiger partial charge in [0.25, 0.3) is 5.91 Å². The molecule has 1 unspecified atom stereocenters. The highest BCUT2D eigenvalue weighted by Crippen LogP contribution is 2.23. The number of nitrogens with one attached hydrogen (secondary N) is 2. The molecule has 138 valence electrons. The monoisotopic (exact) mass is 378 g/mol. The van der Waals surface area contributed by atoms with Gasteiger partial charge in [-0.15, -0.1) is 0 Å². The average molecular weight is 378 g/mol. The molecular formula is C16H18N4O5S. The molecule has 0 spiro atoms. The Hall–Kier alpha value is -2.88. The fraction of sp³-hybridized carbons (Fsp3) is 0.312. The van der Waals surface area contributed by atoms with E-state index in [0.717, 1.165) is 0 Å². The third kappa shape index (κ3) is 3.54. The summed E-state index contributed by atoms with van der Waals surface area (Å²) in [5.41, 5.74) is 1.97. The predicted molar refractivity (Wildman–Crippen MR) is 93.1 cm³/mol. The number of anilines is 1. The number of aromatic amines is 1. The molecule has 0 aliphatic carbocycles. The first kappa shape index (κ1) is 17.9. The van der Waals surface area contributed by atoms with Gasteiger partial charge in [0.05, 0.1) is 30.0 Å². The summed E-state index contributed by atoms with van der Waals surface area (Å²) < 4.78 is 25.6. The van der Waals surface area contributed by atoms with Crippen molar-refractivity contribution in [3.63, 3.8) is 0 Å². The molecule has 26 heavy (non-hydrogen) atoms. The third-order valence-electron chi connectivity index (χ3n) is 4.23. The topological polar surface area (TPSA) is 132 Å². The summed E-state index contributed by atoms with van der Waals surface area (Å²) in [6.07, 6.45) is 1.61. The van der Waals surface area contributed by atoms with Crippen molar-refractivity contribution in [2.24, 2.45) is 0 Å². The Morgan fingerprint density at radius 3 is 2.65 bits per heavy atom. The van der Waals surface area contributed by atoms with Crippen LogP contribution in [0.4, 0.5) is 5.69 Å². The SMILES string of the molecule is CCS(=O)(=O)Nc1ccc(C(=O)N2Cc3[nH]cnc3CC2C(=O)O)cc1. The number of aliphatic carboxylic acids is 1. The number of carbonyl (C=O) groups is 2. The molecule has 1 atom stereocenters. The lowest BCUT2D eigenvalue weighted by atomic mass is 10.0. The molecule has 0 saturated carbocycles. The zero-order valence-corrected chi connectivity index (χ0v) is 14.8. The van der Waals surface area contributed by atoms with Crippen LogP contribution in [0, 0.1) is 0 Å². The van der Waals surface area contributed by atoms with Gasteiger partial charge in [-0.25, -0.2) is 18.2 Å². The van der Waals surface area contributed by atoms with E-state index in [-0.39, 0.29) is 24.3 Å². The smallest absolute Gasteiger partial charge is 0.326 e. The van der Waals surface area contributed by atoms with Gasteiger partial charge < -0.3 is 15.0 Å². The minimum atomic E-state index is -3.41. The number of fused-ring (bicyclic) bond motifs is 1. The summed E-state index contributed by atoms with van der Waals surface area (Å²) in [6, 6.07) is 4.88. The lowest BCUT2D eigenvalue weighted by molar-refractivity contribution is -0.142. The Morgan fingerprint density at radius 1 is 1.35 bits per heavy atom. The van der Waals surface area contributed by atoms with Crippen LogP contribution in [-0.2, 0) is 27.8 Å². The number of sulfonamides is 1. The van der Waals surface area contributed by atoms with Crippen LogP contribution in [-0.4, -0.2) is 52.1 Å². The molecule has 10 heteroatoms. The summed E-state index contributed by atoms with van der Waals surface area (Å²) in [7, 11) is -3.41. The second-order valence-corrected chi connectivity index (χ2v) is 7.91. The summed E-state index contributed by atoms with van der Waals surface area (Å²) in [6.45, 7) is 1.64.